The molecule has 1 unspecified atom stereocenters. The maximum absolute atomic E-state index is 12.1. The highest BCUT2D eigenvalue weighted by Gasteiger charge is 2.32. The van der Waals surface area contributed by atoms with E-state index < -0.39 is 17.6 Å². The normalized spacial score (nSPS) is 17.6. The van der Waals surface area contributed by atoms with Crippen LogP contribution in [-0.2, 0) is 9.53 Å². The minimum absolute atomic E-state index is 0.354. The molecule has 0 saturated carbocycles. The number of carboxylic acids is 1. The van der Waals surface area contributed by atoms with E-state index in [0.717, 1.165) is 0 Å². The highest BCUT2D eigenvalue weighted by Crippen LogP contribution is 2.22. The number of ether oxygens (including phenoxy) is 1. The molecule has 1 atom stereocenters. The largest absolute Gasteiger partial charge is 0.480 e. The molecule has 1 fully saturated rings. The van der Waals surface area contributed by atoms with E-state index in [-0.39, 0.29) is 6.09 Å². The molecule has 0 aromatic carbocycles. The second-order valence-corrected chi connectivity index (χ2v) is 6.52. The van der Waals surface area contributed by atoms with Crippen LogP contribution in [0.5, 0.6) is 0 Å². The molecule has 0 radical (unpaired) electrons. The monoisotopic (exact) mass is 321 g/mol. The summed E-state index contributed by atoms with van der Waals surface area (Å²) in [6.07, 6.45) is 2.82. The van der Waals surface area contributed by atoms with Gasteiger partial charge in [-0.05, 0) is 38.5 Å². The first-order valence-electron chi connectivity index (χ1n) is 7.62. The lowest BCUT2D eigenvalue weighted by Crippen LogP contribution is -2.51. The van der Waals surface area contributed by atoms with Gasteiger partial charge in [-0.1, -0.05) is 0 Å². The zero-order valence-electron chi connectivity index (χ0n) is 13.7. The van der Waals surface area contributed by atoms with Crippen molar-refractivity contribution in [3.05, 3.63) is 30.1 Å². The molecule has 1 saturated heterocycles. The highest BCUT2D eigenvalue weighted by molar-refractivity contribution is 5.75. The summed E-state index contributed by atoms with van der Waals surface area (Å²) in [4.78, 5) is 31.1. The second kappa shape index (κ2) is 6.95. The molecule has 126 valence electrons. The van der Waals surface area contributed by atoms with Crippen molar-refractivity contribution in [1.82, 2.24) is 14.8 Å². The molecule has 1 aliphatic rings. The predicted octanol–water partition coefficient (Wildman–Crippen LogP) is 1.76. The number of piperazine rings is 1. The summed E-state index contributed by atoms with van der Waals surface area (Å²) in [6.45, 7) is 7.34. The zero-order chi connectivity index (χ0) is 17.0. The molecule has 2 rings (SSSR count). The van der Waals surface area contributed by atoms with Crippen molar-refractivity contribution in [2.45, 2.75) is 32.4 Å². The third-order valence-electron chi connectivity index (χ3n) is 3.59. The molecule has 7 heteroatoms. The fourth-order valence-electron chi connectivity index (χ4n) is 2.54. The molecule has 0 aliphatic carbocycles. The topological polar surface area (TPSA) is 83.0 Å². The molecule has 1 N–H and O–H groups in total. The van der Waals surface area contributed by atoms with Crippen LogP contribution in [0.4, 0.5) is 4.79 Å². The Labute approximate surface area is 135 Å². The van der Waals surface area contributed by atoms with Crippen LogP contribution < -0.4 is 0 Å². The Hall–Kier alpha value is -2.15. The smallest absolute Gasteiger partial charge is 0.410 e. The summed E-state index contributed by atoms with van der Waals surface area (Å²) in [5.41, 5.74) is 0.160. The van der Waals surface area contributed by atoms with Crippen LogP contribution in [0.3, 0.4) is 0 Å². The number of hydrogen-bond donors (Lipinski definition) is 1. The van der Waals surface area contributed by atoms with Gasteiger partial charge in [0.25, 0.3) is 0 Å². The van der Waals surface area contributed by atoms with E-state index in [4.69, 9.17) is 4.74 Å². The Kier molecular flexibility index (Phi) is 5.20. The maximum atomic E-state index is 12.1. The van der Waals surface area contributed by atoms with Crippen LogP contribution in [0.2, 0.25) is 0 Å². The third kappa shape index (κ3) is 4.66. The van der Waals surface area contributed by atoms with Gasteiger partial charge in [0.2, 0.25) is 0 Å². The number of rotatable bonds is 3. The number of hydrogen-bond acceptors (Lipinski definition) is 5. The fraction of sp³-hybridized carbons (Fsp3) is 0.562. The lowest BCUT2D eigenvalue weighted by Gasteiger charge is -2.38. The average Bonchev–Trinajstić information content (AvgIpc) is 2.47. The zero-order valence-corrected chi connectivity index (χ0v) is 13.7. The summed E-state index contributed by atoms with van der Waals surface area (Å²) in [5, 5.41) is 9.54. The number of amides is 1. The van der Waals surface area contributed by atoms with E-state index in [1.165, 1.54) is 0 Å². The van der Waals surface area contributed by atoms with Gasteiger partial charge in [0.05, 0.1) is 0 Å². The Morgan fingerprint density at radius 3 is 2.22 bits per heavy atom. The van der Waals surface area contributed by atoms with Gasteiger partial charge >= 0.3 is 12.1 Å². The molecule has 1 aromatic rings. The lowest BCUT2D eigenvalue weighted by molar-refractivity contribution is -0.144. The molecule has 1 amide bonds. The SMILES string of the molecule is CC(C)(C)OC(=O)N1CCN(C(C(=O)O)c2ccncc2)CC1. The van der Waals surface area contributed by atoms with Gasteiger partial charge < -0.3 is 14.7 Å². The summed E-state index contributed by atoms with van der Waals surface area (Å²) in [5.74, 6) is -0.901. The van der Waals surface area contributed by atoms with Crippen molar-refractivity contribution in [2.75, 3.05) is 26.2 Å². The second-order valence-electron chi connectivity index (χ2n) is 6.52. The molecule has 2 heterocycles. The first-order valence-corrected chi connectivity index (χ1v) is 7.62. The molecular formula is C16H23N3O4. The Morgan fingerprint density at radius 2 is 1.74 bits per heavy atom. The van der Waals surface area contributed by atoms with Crippen molar-refractivity contribution >= 4 is 12.1 Å². The van der Waals surface area contributed by atoms with E-state index in [0.29, 0.717) is 31.7 Å². The van der Waals surface area contributed by atoms with Crippen molar-refractivity contribution in [3.63, 3.8) is 0 Å². The van der Waals surface area contributed by atoms with Crippen LogP contribution >= 0.6 is 0 Å². The van der Waals surface area contributed by atoms with Gasteiger partial charge in [0.15, 0.2) is 0 Å². The first kappa shape index (κ1) is 17.2. The number of aromatic nitrogens is 1. The van der Waals surface area contributed by atoms with Crippen LogP contribution in [-0.4, -0.2) is 63.7 Å². The Bertz CT molecular complexity index is 548. The number of pyridine rings is 1. The Balaban J connectivity index is 2.00. The van der Waals surface area contributed by atoms with E-state index in [1.807, 2.05) is 25.7 Å². The molecule has 23 heavy (non-hydrogen) atoms. The summed E-state index contributed by atoms with van der Waals surface area (Å²) >= 11 is 0. The minimum atomic E-state index is -0.901. The number of carbonyl (C=O) groups excluding carboxylic acids is 1. The van der Waals surface area contributed by atoms with Gasteiger partial charge in [-0.25, -0.2) is 4.79 Å². The summed E-state index contributed by atoms with van der Waals surface area (Å²) in [6, 6.07) is 2.69. The van der Waals surface area contributed by atoms with Gasteiger partial charge in [0.1, 0.15) is 11.6 Å². The summed E-state index contributed by atoms with van der Waals surface area (Å²) < 4.78 is 5.35. The van der Waals surface area contributed by atoms with Crippen molar-refractivity contribution in [2.24, 2.45) is 0 Å². The number of carboxylic acid groups (broad SMARTS) is 1. The first-order chi connectivity index (χ1) is 10.8. The van der Waals surface area contributed by atoms with Crippen LogP contribution in [0.15, 0.2) is 24.5 Å². The number of aliphatic carboxylic acids is 1. The van der Waals surface area contributed by atoms with Crippen molar-refractivity contribution in [1.29, 1.82) is 0 Å². The minimum Gasteiger partial charge on any atom is -0.480 e. The number of carbonyl (C=O) groups is 2. The van der Waals surface area contributed by atoms with Crippen LogP contribution in [0.1, 0.15) is 32.4 Å². The van der Waals surface area contributed by atoms with Gasteiger partial charge in [-0.15, -0.1) is 0 Å². The molecule has 0 bridgehead atoms. The van der Waals surface area contributed by atoms with E-state index in [9.17, 15) is 14.7 Å². The van der Waals surface area contributed by atoms with Crippen LogP contribution in [0.25, 0.3) is 0 Å². The van der Waals surface area contributed by atoms with E-state index >= 15 is 0 Å². The maximum Gasteiger partial charge on any atom is 0.410 e. The predicted molar refractivity (Wildman–Crippen MR) is 84.0 cm³/mol. The lowest BCUT2D eigenvalue weighted by atomic mass is 10.1. The van der Waals surface area contributed by atoms with E-state index in [2.05, 4.69) is 4.98 Å². The third-order valence-corrected chi connectivity index (χ3v) is 3.59. The molecule has 7 nitrogen and oxygen atoms in total. The average molecular weight is 321 g/mol. The van der Waals surface area contributed by atoms with Crippen molar-refractivity contribution in [3.8, 4) is 0 Å². The number of nitrogens with zero attached hydrogens (tertiary/aromatic N) is 3. The van der Waals surface area contributed by atoms with Crippen molar-refractivity contribution < 1.29 is 19.4 Å². The fourth-order valence-corrected chi connectivity index (χ4v) is 2.54. The van der Waals surface area contributed by atoms with Gasteiger partial charge in [-0.3, -0.25) is 14.7 Å². The van der Waals surface area contributed by atoms with Crippen LogP contribution in [0, 0.1) is 0 Å². The van der Waals surface area contributed by atoms with E-state index in [1.54, 1.807) is 29.4 Å². The Morgan fingerprint density at radius 1 is 1.17 bits per heavy atom. The summed E-state index contributed by atoms with van der Waals surface area (Å²) in [7, 11) is 0. The molecule has 0 spiro atoms. The van der Waals surface area contributed by atoms with Gasteiger partial charge in [-0.2, -0.15) is 0 Å². The highest BCUT2D eigenvalue weighted by atomic mass is 16.6. The molecular weight excluding hydrogens is 298 g/mol. The quantitative estimate of drug-likeness (QED) is 0.913. The standard InChI is InChI=1S/C16H23N3O4/c1-16(2,3)23-15(22)19-10-8-18(9-11-19)13(14(20)21)12-4-6-17-7-5-12/h4-7,13H,8-11H2,1-3H3,(H,20,21). The molecule has 1 aliphatic heterocycles. The van der Waals surface area contributed by atoms with Gasteiger partial charge in [0, 0.05) is 38.6 Å². The molecule has 1 aromatic heterocycles.